The van der Waals surface area contributed by atoms with Crippen LogP contribution in [0.5, 0.6) is 11.5 Å². The third-order valence-electron chi connectivity index (χ3n) is 6.12. The third-order valence-corrected chi connectivity index (χ3v) is 7.00. The lowest BCUT2D eigenvalue weighted by atomic mass is 9.79. The molecule has 6 nitrogen and oxygen atoms in total. The van der Waals surface area contributed by atoms with Crippen molar-refractivity contribution < 1.29 is 28.4 Å². The highest BCUT2D eigenvalue weighted by molar-refractivity contribution is 7.30. The molecule has 0 aromatic heterocycles. The number of hydrogen-bond donors (Lipinski definition) is 0. The molecule has 1 aromatic carbocycles. The number of carbonyl (C=O) groups is 2. The summed E-state index contributed by atoms with van der Waals surface area (Å²) in [6, 6.07) is 4.96. The molecule has 1 rings (SSSR count). The van der Waals surface area contributed by atoms with Gasteiger partial charge in [0.05, 0.1) is 20.8 Å². The summed E-state index contributed by atoms with van der Waals surface area (Å²) in [4.78, 5) is 27.6. The number of unbranched alkanes of at least 4 members (excludes halogenated alkanes) is 1. The first kappa shape index (κ1) is 30.1. The number of Topliss-reactive ketones (excluding diaryl/α,β-unsaturated/α-hetero) is 1. The Kier molecular flexibility index (Phi) is 12.2. The maximum Gasteiger partial charge on any atom is 0.331 e. The lowest BCUT2D eigenvalue weighted by Gasteiger charge is -2.31. The van der Waals surface area contributed by atoms with E-state index in [1.165, 1.54) is 14.2 Å². The Labute approximate surface area is 207 Å². The number of hydrogen-bond acceptors (Lipinski definition) is 6. The van der Waals surface area contributed by atoms with Crippen molar-refractivity contribution in [2.45, 2.75) is 85.2 Å². The molecule has 0 fully saturated rings. The van der Waals surface area contributed by atoms with E-state index in [1.807, 2.05) is 6.92 Å². The zero-order valence-corrected chi connectivity index (χ0v) is 23.1. The van der Waals surface area contributed by atoms with E-state index in [-0.39, 0.29) is 47.3 Å². The van der Waals surface area contributed by atoms with E-state index in [9.17, 15) is 14.2 Å². The summed E-state index contributed by atoms with van der Waals surface area (Å²) in [5, 5.41) is -1.88. The molecule has 0 spiro atoms. The summed E-state index contributed by atoms with van der Waals surface area (Å²) >= 11 is 0. The molecule has 0 aliphatic carbocycles. The average molecular weight is 495 g/mol. The number of ketones is 1. The van der Waals surface area contributed by atoms with Crippen LogP contribution < -0.4 is 9.47 Å². The summed E-state index contributed by atoms with van der Waals surface area (Å²) in [7, 11) is 2.30. The van der Waals surface area contributed by atoms with Gasteiger partial charge in [0, 0.05) is 0 Å². The van der Waals surface area contributed by atoms with Gasteiger partial charge in [0.15, 0.2) is 14.2 Å². The highest BCUT2D eigenvalue weighted by Crippen LogP contribution is 2.43. The van der Waals surface area contributed by atoms with E-state index in [4.69, 9.17) is 14.2 Å². The zero-order chi connectivity index (χ0) is 25.9. The molecule has 0 N–H and O–H groups in total. The molecule has 0 saturated carbocycles. The lowest BCUT2D eigenvalue weighted by molar-refractivity contribution is -0.147. The topological polar surface area (TPSA) is 78.9 Å². The lowest BCUT2D eigenvalue weighted by Crippen LogP contribution is -2.45. The number of esters is 1. The number of ether oxygens (including phenoxy) is 3. The molecule has 0 amide bonds. The zero-order valence-electron chi connectivity index (χ0n) is 22.2. The quantitative estimate of drug-likeness (QED) is 0.112. The molecule has 34 heavy (non-hydrogen) atoms. The Bertz CT molecular complexity index is 794. The number of benzene rings is 1. The fraction of sp³-hybridized carbons (Fsp3) is 0.704. The van der Waals surface area contributed by atoms with Crippen molar-refractivity contribution in [2.24, 2.45) is 17.3 Å². The number of carbonyl (C=O) groups excluding carboxylic acids is 2. The second-order valence-corrected chi connectivity index (χ2v) is 11.4. The summed E-state index contributed by atoms with van der Waals surface area (Å²) < 4.78 is 29.3. The Balaban J connectivity index is 3.46. The van der Waals surface area contributed by atoms with Gasteiger partial charge >= 0.3 is 5.97 Å². The van der Waals surface area contributed by atoms with E-state index in [0.717, 1.165) is 32.1 Å². The van der Waals surface area contributed by atoms with Gasteiger partial charge in [-0.2, -0.15) is 0 Å². The first-order valence-corrected chi connectivity index (χ1v) is 13.1. The van der Waals surface area contributed by atoms with Crippen LogP contribution in [-0.4, -0.2) is 37.7 Å². The fourth-order valence-corrected chi connectivity index (χ4v) is 5.22. The monoisotopic (exact) mass is 494 g/mol. The van der Waals surface area contributed by atoms with Gasteiger partial charge < -0.3 is 14.2 Å². The van der Waals surface area contributed by atoms with Crippen LogP contribution in [0.1, 0.15) is 90.4 Å². The summed E-state index contributed by atoms with van der Waals surface area (Å²) in [6.45, 7) is 12.7. The minimum absolute atomic E-state index is 0.0204. The van der Waals surface area contributed by atoms with E-state index in [1.54, 1.807) is 18.2 Å². The van der Waals surface area contributed by atoms with Crippen LogP contribution in [-0.2, 0) is 14.1 Å². The molecule has 0 heterocycles. The van der Waals surface area contributed by atoms with Crippen molar-refractivity contribution in [3.05, 3.63) is 23.8 Å². The third kappa shape index (κ3) is 8.08. The molecule has 0 saturated heterocycles. The van der Waals surface area contributed by atoms with Crippen LogP contribution in [0, 0.1) is 17.3 Å². The van der Waals surface area contributed by atoms with E-state index in [0.29, 0.717) is 0 Å². The molecular formula is C27H43O6P. The Hall–Kier alpha value is -1.94. The molecule has 0 bridgehead atoms. The first-order chi connectivity index (χ1) is 16.0. The molecule has 192 valence electrons. The Morgan fingerprint density at radius 2 is 1.62 bits per heavy atom. The Morgan fingerprint density at radius 3 is 2.06 bits per heavy atom. The van der Waals surface area contributed by atoms with Gasteiger partial charge in [-0.1, -0.05) is 66.9 Å². The average Bonchev–Trinajstić information content (AvgIpc) is 2.80. The van der Waals surface area contributed by atoms with Crippen molar-refractivity contribution in [3.63, 3.8) is 0 Å². The van der Waals surface area contributed by atoms with Crippen molar-refractivity contribution in [2.75, 3.05) is 20.8 Å². The molecule has 3 atom stereocenters. The predicted molar refractivity (Wildman–Crippen MR) is 136 cm³/mol. The number of rotatable bonds is 15. The maximum absolute atomic E-state index is 14.0. The smallest absolute Gasteiger partial charge is 0.331 e. The van der Waals surface area contributed by atoms with Crippen molar-refractivity contribution >= 4 is 20.2 Å². The highest BCUT2D eigenvalue weighted by atomic mass is 31.1. The minimum atomic E-state index is -1.88. The van der Waals surface area contributed by atoms with Gasteiger partial charge in [0.2, 0.25) is 5.16 Å². The summed E-state index contributed by atoms with van der Waals surface area (Å²) in [6.07, 6.45) is 4.76. The van der Waals surface area contributed by atoms with Crippen LogP contribution in [0.2, 0.25) is 0 Å². The largest absolute Gasteiger partial charge is 0.496 e. The molecule has 3 unspecified atom stereocenters. The van der Waals surface area contributed by atoms with Crippen LogP contribution in [0.25, 0.3) is 0 Å². The Morgan fingerprint density at radius 1 is 1.03 bits per heavy atom. The van der Waals surface area contributed by atoms with Crippen molar-refractivity contribution in [3.8, 4) is 11.5 Å². The minimum Gasteiger partial charge on any atom is -0.496 e. The van der Waals surface area contributed by atoms with Gasteiger partial charge in [-0.25, -0.2) is 0 Å². The SMILES string of the molecule is CCCCC(CC)COC(=O)C(CC(C)CC(C)(C)C)(P=O)C(=O)c1c(OC)cccc1OC. The molecule has 0 aliphatic rings. The second kappa shape index (κ2) is 13.8. The fourth-order valence-electron chi connectivity index (χ4n) is 4.50. The second-order valence-electron chi connectivity index (χ2n) is 10.4. The molecule has 0 radical (unpaired) electrons. The summed E-state index contributed by atoms with van der Waals surface area (Å²) in [5.41, 5.74) is 0.0850. The van der Waals surface area contributed by atoms with Gasteiger partial charge in [0.25, 0.3) is 0 Å². The van der Waals surface area contributed by atoms with Gasteiger partial charge in [0.1, 0.15) is 17.1 Å². The molecule has 7 heteroatoms. The van der Waals surface area contributed by atoms with Crippen LogP contribution in [0.4, 0.5) is 0 Å². The summed E-state index contributed by atoms with van der Waals surface area (Å²) in [5.74, 6) is -0.678. The van der Waals surface area contributed by atoms with Gasteiger partial charge in [-0.05, 0) is 48.6 Å². The molecule has 0 aliphatic heterocycles. The van der Waals surface area contributed by atoms with E-state index >= 15 is 0 Å². The van der Waals surface area contributed by atoms with Crippen LogP contribution in [0.3, 0.4) is 0 Å². The predicted octanol–water partition coefficient (Wildman–Crippen LogP) is 7.14. The normalized spacial score (nSPS) is 15.3. The van der Waals surface area contributed by atoms with Crippen LogP contribution in [0.15, 0.2) is 18.2 Å². The maximum atomic E-state index is 14.0. The van der Waals surface area contributed by atoms with Gasteiger partial charge in [-0.15, -0.1) is 0 Å². The van der Waals surface area contributed by atoms with E-state index in [2.05, 4.69) is 34.6 Å². The van der Waals surface area contributed by atoms with E-state index < -0.39 is 25.4 Å². The highest BCUT2D eigenvalue weighted by Gasteiger charge is 2.52. The molecular weight excluding hydrogens is 451 g/mol. The van der Waals surface area contributed by atoms with Crippen LogP contribution >= 0.6 is 8.46 Å². The van der Waals surface area contributed by atoms with Crippen molar-refractivity contribution in [1.82, 2.24) is 0 Å². The standard InChI is InChI=1S/C27H43O6P/c1-9-11-13-20(10-2)18-33-25(29)27(34-30,17-19(3)16-26(4,5)6)24(28)23-21(31-7)14-12-15-22(23)32-8/h12,14-15,19-20H,9-11,13,16-18H2,1-8H3. The first-order valence-electron chi connectivity index (χ1n) is 12.3. The van der Waals surface area contributed by atoms with Crippen molar-refractivity contribution in [1.29, 1.82) is 0 Å². The number of methoxy groups -OCH3 is 2. The molecule has 1 aromatic rings. The van der Waals surface area contributed by atoms with Gasteiger partial charge in [-0.3, -0.25) is 14.2 Å².